The molecule has 2 aromatic carbocycles. The van der Waals surface area contributed by atoms with Crippen molar-refractivity contribution in [3.8, 4) is 28.7 Å². The summed E-state index contributed by atoms with van der Waals surface area (Å²) in [5, 5.41) is 49.8. The number of aliphatic hydroxyl groups is 4. The molecule has 3 heterocycles. The Morgan fingerprint density at radius 2 is 1.82 bits per heavy atom. The van der Waals surface area contributed by atoms with Gasteiger partial charge in [0.2, 0.25) is 12.0 Å². The molecule has 44 heavy (non-hydrogen) atoms. The molecule has 0 aromatic heterocycles. The largest absolute Gasteiger partial charge is 0.493 e. The molecule has 0 radical (unpaired) electrons. The molecule has 0 aliphatic carbocycles. The Morgan fingerprint density at radius 1 is 1.07 bits per heavy atom. The van der Waals surface area contributed by atoms with Crippen LogP contribution in [0.3, 0.4) is 0 Å². The predicted octanol–water partition coefficient (Wildman–Crippen LogP) is -1.51. The van der Waals surface area contributed by atoms with Gasteiger partial charge < -0.3 is 70.2 Å². The van der Waals surface area contributed by atoms with Gasteiger partial charge in [-0.15, -0.1) is 0 Å². The summed E-state index contributed by atoms with van der Waals surface area (Å²) in [6.07, 6.45) is -13.1. The van der Waals surface area contributed by atoms with E-state index in [0.717, 1.165) is 5.56 Å². The molecule has 3 aliphatic heterocycles. The standard InChI is InChI=1S/C28H34N2O14/c1-38-15-5-4-12-14-10-40-16-8-11(2-3-13(16)22(14)43-23(12)24(15)39-7-6-31)41-28-21(37)19(35)20(36)25(44-28)26(27(29)30)42-18(34)9-17(32)33/h2-5,8,14,19-22,25-28,31,35-37H,6-7,9-10,29-30H2,1H3,(H,32,33). The van der Waals surface area contributed by atoms with Crippen LogP contribution in [0.4, 0.5) is 0 Å². The molecule has 1 saturated heterocycles. The normalized spacial score (nSPS) is 27.6. The van der Waals surface area contributed by atoms with Crippen LogP contribution in [0.15, 0.2) is 30.3 Å². The molecule has 8 atom stereocenters. The molecule has 16 nitrogen and oxygen atoms in total. The number of aliphatic hydroxyl groups excluding tert-OH is 4. The molecule has 240 valence electrons. The van der Waals surface area contributed by atoms with Crippen LogP contribution in [0, 0.1) is 0 Å². The van der Waals surface area contributed by atoms with Crippen molar-refractivity contribution < 1.29 is 68.3 Å². The number of fused-ring (bicyclic) bond motifs is 5. The summed E-state index contributed by atoms with van der Waals surface area (Å²) >= 11 is 0. The van der Waals surface area contributed by atoms with Crippen molar-refractivity contribution in [1.29, 1.82) is 0 Å². The zero-order valence-corrected chi connectivity index (χ0v) is 23.5. The number of benzene rings is 2. The lowest BCUT2D eigenvalue weighted by atomic mass is 9.89. The first kappa shape index (κ1) is 31.5. The first-order valence-corrected chi connectivity index (χ1v) is 13.7. The lowest BCUT2D eigenvalue weighted by Crippen LogP contribution is -2.66. The van der Waals surface area contributed by atoms with Gasteiger partial charge in [0, 0.05) is 17.2 Å². The maximum atomic E-state index is 12.0. The number of ether oxygens (including phenoxy) is 7. The Kier molecular flexibility index (Phi) is 9.31. The van der Waals surface area contributed by atoms with Gasteiger partial charge in [-0.25, -0.2) is 0 Å². The van der Waals surface area contributed by atoms with Crippen LogP contribution < -0.4 is 35.2 Å². The van der Waals surface area contributed by atoms with Crippen LogP contribution in [0.1, 0.15) is 29.6 Å². The summed E-state index contributed by atoms with van der Waals surface area (Å²) in [5.74, 6) is -0.979. The van der Waals surface area contributed by atoms with E-state index in [9.17, 15) is 30.0 Å². The number of methoxy groups -OCH3 is 1. The maximum Gasteiger partial charge on any atom is 0.317 e. The molecule has 0 spiro atoms. The van der Waals surface area contributed by atoms with Gasteiger partial charge in [0.15, 0.2) is 17.6 Å². The molecule has 0 amide bonds. The van der Waals surface area contributed by atoms with Gasteiger partial charge in [0.25, 0.3) is 0 Å². The summed E-state index contributed by atoms with van der Waals surface area (Å²) in [6, 6.07) is 8.41. The van der Waals surface area contributed by atoms with E-state index in [0.29, 0.717) is 28.6 Å². The highest BCUT2D eigenvalue weighted by molar-refractivity contribution is 5.90. The number of esters is 1. The van der Waals surface area contributed by atoms with Crippen LogP contribution in [-0.4, -0.2) is 107 Å². The number of hydrogen-bond acceptors (Lipinski definition) is 15. The Morgan fingerprint density at radius 3 is 2.50 bits per heavy atom. The van der Waals surface area contributed by atoms with Gasteiger partial charge in [-0.1, -0.05) is 6.07 Å². The van der Waals surface area contributed by atoms with Crippen molar-refractivity contribution in [2.24, 2.45) is 11.5 Å². The van der Waals surface area contributed by atoms with E-state index in [1.165, 1.54) is 13.2 Å². The molecule has 9 N–H and O–H groups in total. The zero-order chi connectivity index (χ0) is 31.7. The van der Waals surface area contributed by atoms with Crippen molar-refractivity contribution in [2.75, 3.05) is 26.9 Å². The van der Waals surface area contributed by atoms with Crippen LogP contribution in [0.25, 0.3) is 0 Å². The lowest BCUT2D eigenvalue weighted by molar-refractivity contribution is -0.291. The highest BCUT2D eigenvalue weighted by Gasteiger charge is 2.50. The SMILES string of the molecule is COc1ccc2c(c1OCCO)OC1c3ccc(OC4OC(C(OC(=O)CC(=O)O)C(N)N)C(O)C(O)C4O)cc3OCC21. The van der Waals surface area contributed by atoms with Gasteiger partial charge >= 0.3 is 11.9 Å². The van der Waals surface area contributed by atoms with E-state index < -0.39 is 67.4 Å². The minimum atomic E-state index is -1.84. The van der Waals surface area contributed by atoms with Crippen LogP contribution >= 0.6 is 0 Å². The fourth-order valence-electron chi connectivity index (χ4n) is 5.43. The van der Waals surface area contributed by atoms with Gasteiger partial charge in [0.05, 0.1) is 32.4 Å². The number of nitrogens with two attached hydrogens (primary N) is 2. The summed E-state index contributed by atoms with van der Waals surface area (Å²) < 4.78 is 40.0. The average Bonchev–Trinajstić information content (AvgIpc) is 3.37. The number of carboxylic acids is 1. The average molecular weight is 623 g/mol. The highest BCUT2D eigenvalue weighted by atomic mass is 16.7. The van der Waals surface area contributed by atoms with Gasteiger partial charge in [-0.05, 0) is 18.2 Å². The topological polar surface area (TPSA) is 252 Å². The van der Waals surface area contributed by atoms with Crippen LogP contribution in [0.2, 0.25) is 0 Å². The second kappa shape index (κ2) is 13.0. The molecule has 2 aromatic rings. The fraction of sp³-hybridized carbons (Fsp3) is 0.500. The number of aliphatic carboxylic acids is 1. The van der Waals surface area contributed by atoms with Crippen LogP contribution in [-0.2, 0) is 19.1 Å². The Balaban J connectivity index is 1.34. The highest BCUT2D eigenvalue weighted by Crippen LogP contribution is 2.56. The Bertz CT molecular complexity index is 1370. The molecule has 3 aliphatic rings. The van der Waals surface area contributed by atoms with E-state index in [4.69, 9.17) is 49.7 Å². The second-order valence-electron chi connectivity index (χ2n) is 10.4. The summed E-state index contributed by atoms with van der Waals surface area (Å²) in [5.41, 5.74) is 13.0. The molecule has 0 bridgehead atoms. The third-order valence-corrected chi connectivity index (χ3v) is 7.51. The quantitative estimate of drug-likeness (QED) is 0.0854. The number of carboxylic acid groups (broad SMARTS) is 1. The van der Waals surface area contributed by atoms with E-state index in [-0.39, 0.29) is 31.5 Å². The van der Waals surface area contributed by atoms with Crippen molar-refractivity contribution >= 4 is 11.9 Å². The molecular formula is C28H34N2O14. The van der Waals surface area contributed by atoms with Crippen molar-refractivity contribution in [3.63, 3.8) is 0 Å². The number of hydrogen-bond donors (Lipinski definition) is 7. The van der Waals surface area contributed by atoms with Crippen LogP contribution in [0.5, 0.6) is 28.7 Å². The maximum absolute atomic E-state index is 12.0. The fourth-order valence-corrected chi connectivity index (χ4v) is 5.43. The second-order valence-corrected chi connectivity index (χ2v) is 10.4. The molecule has 5 rings (SSSR count). The smallest absolute Gasteiger partial charge is 0.317 e. The summed E-state index contributed by atoms with van der Waals surface area (Å²) in [4.78, 5) is 22.9. The molecular weight excluding hydrogens is 588 g/mol. The number of rotatable bonds is 11. The van der Waals surface area contributed by atoms with Crippen molar-refractivity contribution in [1.82, 2.24) is 0 Å². The molecule has 0 saturated carbocycles. The Labute approximate surface area is 250 Å². The van der Waals surface area contributed by atoms with Crippen molar-refractivity contribution in [3.05, 3.63) is 41.5 Å². The number of carbonyl (C=O) groups excluding carboxylic acids is 1. The van der Waals surface area contributed by atoms with Crippen molar-refractivity contribution in [2.45, 2.75) is 61.4 Å². The van der Waals surface area contributed by atoms with E-state index >= 15 is 0 Å². The van der Waals surface area contributed by atoms with Gasteiger partial charge in [-0.2, -0.15) is 0 Å². The molecule has 16 heteroatoms. The van der Waals surface area contributed by atoms with Gasteiger partial charge in [0.1, 0.15) is 55.0 Å². The van der Waals surface area contributed by atoms with Gasteiger partial charge in [-0.3, -0.25) is 9.59 Å². The first-order chi connectivity index (χ1) is 21.0. The van der Waals surface area contributed by atoms with E-state index in [2.05, 4.69) is 0 Å². The monoisotopic (exact) mass is 622 g/mol. The van der Waals surface area contributed by atoms with E-state index in [1.54, 1.807) is 18.2 Å². The third kappa shape index (κ3) is 6.05. The third-order valence-electron chi connectivity index (χ3n) is 7.51. The summed E-state index contributed by atoms with van der Waals surface area (Å²) in [7, 11) is 1.50. The predicted molar refractivity (Wildman–Crippen MR) is 145 cm³/mol. The number of carbonyl (C=O) groups is 2. The van der Waals surface area contributed by atoms with E-state index in [1.807, 2.05) is 6.07 Å². The zero-order valence-electron chi connectivity index (χ0n) is 23.5. The Hall–Kier alpha value is -3.90. The molecule has 8 unspecified atom stereocenters. The minimum Gasteiger partial charge on any atom is -0.493 e. The minimum absolute atomic E-state index is 0.0453. The summed E-state index contributed by atoms with van der Waals surface area (Å²) in [6.45, 7) is 0.0942. The first-order valence-electron chi connectivity index (χ1n) is 13.7. The molecule has 1 fully saturated rings. The lowest BCUT2D eigenvalue weighted by Gasteiger charge is -2.43.